The van der Waals surface area contributed by atoms with Crippen LogP contribution in [0.1, 0.15) is 31.4 Å². The van der Waals surface area contributed by atoms with E-state index < -0.39 is 6.10 Å². The predicted molar refractivity (Wildman–Crippen MR) is 74.3 cm³/mol. The van der Waals surface area contributed by atoms with E-state index in [1.165, 1.54) is 17.4 Å². The molecule has 2 N–H and O–H groups in total. The van der Waals surface area contributed by atoms with Gasteiger partial charge in [-0.1, -0.05) is 24.2 Å². The van der Waals surface area contributed by atoms with E-state index in [0.29, 0.717) is 5.92 Å². The van der Waals surface area contributed by atoms with Crippen molar-refractivity contribution in [2.45, 2.75) is 45.3 Å². The zero-order valence-electron chi connectivity index (χ0n) is 11.1. The molecule has 1 atom stereocenters. The van der Waals surface area contributed by atoms with E-state index in [2.05, 4.69) is 5.32 Å². The van der Waals surface area contributed by atoms with Crippen molar-refractivity contribution in [2.24, 2.45) is 5.92 Å². The number of aryl methyl sites for hydroxylation is 1. The smallest absolute Gasteiger partial charge is 0.307 e. The number of nitrogens with one attached hydrogen (secondary N) is 1. The Balaban J connectivity index is 1.80. The molecule has 2 rings (SSSR count). The number of hydrogen-bond donors (Lipinski definition) is 2. The highest BCUT2D eigenvalue weighted by Crippen LogP contribution is 2.27. The summed E-state index contributed by atoms with van der Waals surface area (Å²) in [4.78, 5) is 23.1. The number of aromatic nitrogens is 1. The van der Waals surface area contributed by atoms with Crippen molar-refractivity contribution in [2.75, 3.05) is 6.54 Å². The number of hydrogen-bond acceptors (Lipinski definition) is 4. The molecule has 1 aliphatic carbocycles. The molecule has 1 aromatic heterocycles. The second-order valence-corrected chi connectivity index (χ2v) is 5.97. The number of amides is 1. The summed E-state index contributed by atoms with van der Waals surface area (Å²) in [6.07, 6.45) is 3.95. The first-order valence-electron chi connectivity index (χ1n) is 6.67. The van der Waals surface area contributed by atoms with E-state index in [9.17, 15) is 14.7 Å². The van der Waals surface area contributed by atoms with Crippen LogP contribution in [0.4, 0.5) is 0 Å². The van der Waals surface area contributed by atoms with E-state index in [4.69, 9.17) is 0 Å². The fourth-order valence-corrected chi connectivity index (χ4v) is 3.26. The number of carbonyl (C=O) groups excluding carboxylic acids is 1. The summed E-state index contributed by atoms with van der Waals surface area (Å²) in [5.74, 6) is 0.0894. The Hall–Kier alpha value is -1.14. The van der Waals surface area contributed by atoms with E-state index >= 15 is 0 Å². The molecule has 0 bridgehead atoms. The van der Waals surface area contributed by atoms with Crippen molar-refractivity contribution in [3.8, 4) is 0 Å². The van der Waals surface area contributed by atoms with Gasteiger partial charge in [-0.25, -0.2) is 0 Å². The third kappa shape index (κ3) is 3.67. The standard InChI is InChI=1S/C13H20N2O3S/c1-9-8-19-13(18)15(9)7-12(17)14-6-11(16)10-4-2-3-5-10/h8,10-11,16H,2-7H2,1H3,(H,14,17). The van der Waals surface area contributed by atoms with Gasteiger partial charge in [-0.05, 0) is 25.7 Å². The summed E-state index contributed by atoms with van der Waals surface area (Å²) in [5.41, 5.74) is 0.793. The van der Waals surface area contributed by atoms with E-state index in [1.807, 2.05) is 0 Å². The van der Waals surface area contributed by atoms with Gasteiger partial charge in [0.05, 0.1) is 6.10 Å². The van der Waals surface area contributed by atoms with Gasteiger partial charge in [0.25, 0.3) is 0 Å². The van der Waals surface area contributed by atoms with Crippen molar-refractivity contribution in [3.05, 3.63) is 20.7 Å². The topological polar surface area (TPSA) is 71.3 Å². The lowest BCUT2D eigenvalue weighted by molar-refractivity contribution is -0.122. The summed E-state index contributed by atoms with van der Waals surface area (Å²) >= 11 is 1.10. The second kappa shape index (κ2) is 6.34. The lowest BCUT2D eigenvalue weighted by Crippen LogP contribution is -2.38. The molecule has 19 heavy (non-hydrogen) atoms. The Morgan fingerprint density at radius 1 is 1.58 bits per heavy atom. The molecule has 1 saturated carbocycles. The largest absolute Gasteiger partial charge is 0.391 e. The maximum absolute atomic E-state index is 11.8. The van der Waals surface area contributed by atoms with Crippen molar-refractivity contribution in [1.29, 1.82) is 0 Å². The van der Waals surface area contributed by atoms with Crippen LogP contribution in [0.25, 0.3) is 0 Å². The SMILES string of the molecule is Cc1csc(=O)n1CC(=O)NCC(O)C1CCCC1. The molecular weight excluding hydrogens is 264 g/mol. The van der Waals surface area contributed by atoms with E-state index in [-0.39, 0.29) is 23.9 Å². The average molecular weight is 284 g/mol. The molecule has 1 amide bonds. The Bertz CT molecular complexity index is 488. The molecule has 0 aliphatic heterocycles. The number of thiazole rings is 1. The number of aliphatic hydroxyl groups is 1. The first-order valence-corrected chi connectivity index (χ1v) is 7.55. The summed E-state index contributed by atoms with van der Waals surface area (Å²) in [6.45, 7) is 2.12. The average Bonchev–Trinajstić information content (AvgIpc) is 3.01. The maximum Gasteiger partial charge on any atom is 0.307 e. The molecule has 5 nitrogen and oxygen atoms in total. The molecule has 1 aliphatic rings. The molecule has 6 heteroatoms. The minimum Gasteiger partial charge on any atom is -0.391 e. The fourth-order valence-electron chi connectivity index (χ4n) is 2.52. The van der Waals surface area contributed by atoms with Gasteiger partial charge < -0.3 is 10.4 Å². The first-order chi connectivity index (χ1) is 9.08. The van der Waals surface area contributed by atoms with Crippen molar-refractivity contribution in [3.63, 3.8) is 0 Å². The van der Waals surface area contributed by atoms with Crippen LogP contribution in [0.5, 0.6) is 0 Å². The third-order valence-corrected chi connectivity index (χ3v) is 4.61. The fraction of sp³-hybridized carbons (Fsp3) is 0.692. The number of nitrogens with zero attached hydrogens (tertiary/aromatic N) is 1. The van der Waals surface area contributed by atoms with Crippen LogP contribution >= 0.6 is 11.3 Å². The Morgan fingerprint density at radius 3 is 2.84 bits per heavy atom. The molecule has 1 unspecified atom stereocenters. The third-order valence-electron chi connectivity index (χ3n) is 3.73. The number of carbonyl (C=O) groups is 1. The molecular formula is C13H20N2O3S. The highest BCUT2D eigenvalue weighted by molar-refractivity contribution is 7.07. The normalized spacial score (nSPS) is 17.6. The molecule has 1 heterocycles. The van der Waals surface area contributed by atoms with Crippen LogP contribution in [0.15, 0.2) is 10.2 Å². The predicted octanol–water partition coefficient (Wildman–Crippen LogP) is 0.886. The number of rotatable bonds is 5. The molecule has 0 aromatic carbocycles. The Kier molecular flexibility index (Phi) is 4.76. The summed E-state index contributed by atoms with van der Waals surface area (Å²) in [6, 6.07) is 0. The highest BCUT2D eigenvalue weighted by atomic mass is 32.1. The summed E-state index contributed by atoms with van der Waals surface area (Å²) in [5, 5.41) is 14.4. The molecule has 0 spiro atoms. The molecule has 0 saturated heterocycles. The Morgan fingerprint density at radius 2 is 2.26 bits per heavy atom. The lowest BCUT2D eigenvalue weighted by Gasteiger charge is -2.18. The zero-order chi connectivity index (χ0) is 13.8. The second-order valence-electron chi connectivity index (χ2n) is 5.15. The van der Waals surface area contributed by atoms with Crippen molar-refractivity contribution in [1.82, 2.24) is 9.88 Å². The quantitative estimate of drug-likeness (QED) is 0.843. The maximum atomic E-state index is 11.8. The van der Waals surface area contributed by atoms with Crippen LogP contribution in [0, 0.1) is 12.8 Å². The minimum absolute atomic E-state index is 0.0333. The van der Waals surface area contributed by atoms with Gasteiger partial charge in [0, 0.05) is 17.6 Å². The van der Waals surface area contributed by atoms with Crippen LogP contribution < -0.4 is 10.2 Å². The molecule has 106 valence electrons. The first kappa shape index (κ1) is 14.3. The van der Waals surface area contributed by atoms with Crippen LogP contribution in [-0.2, 0) is 11.3 Å². The van der Waals surface area contributed by atoms with Crippen LogP contribution in [-0.4, -0.2) is 28.2 Å². The van der Waals surface area contributed by atoms with Gasteiger partial charge in [0.15, 0.2) is 0 Å². The van der Waals surface area contributed by atoms with Gasteiger partial charge in [-0.15, -0.1) is 0 Å². The minimum atomic E-state index is -0.466. The Labute approximate surface area is 116 Å². The zero-order valence-corrected chi connectivity index (χ0v) is 11.9. The summed E-state index contributed by atoms with van der Waals surface area (Å²) < 4.78 is 1.45. The van der Waals surface area contributed by atoms with Gasteiger partial charge >= 0.3 is 4.87 Å². The molecule has 1 fully saturated rings. The molecule has 0 radical (unpaired) electrons. The van der Waals surface area contributed by atoms with Crippen LogP contribution in [0.3, 0.4) is 0 Å². The van der Waals surface area contributed by atoms with E-state index in [0.717, 1.165) is 29.9 Å². The van der Waals surface area contributed by atoms with E-state index in [1.54, 1.807) is 12.3 Å². The highest BCUT2D eigenvalue weighted by Gasteiger charge is 2.23. The van der Waals surface area contributed by atoms with Gasteiger partial charge in [-0.2, -0.15) is 0 Å². The van der Waals surface area contributed by atoms with Gasteiger partial charge in [0.2, 0.25) is 5.91 Å². The van der Waals surface area contributed by atoms with Crippen LogP contribution in [0.2, 0.25) is 0 Å². The van der Waals surface area contributed by atoms with Gasteiger partial charge in [0.1, 0.15) is 6.54 Å². The molecule has 1 aromatic rings. The summed E-state index contributed by atoms with van der Waals surface area (Å²) in [7, 11) is 0. The lowest BCUT2D eigenvalue weighted by atomic mass is 10.0. The van der Waals surface area contributed by atoms with Crippen molar-refractivity contribution >= 4 is 17.2 Å². The number of aliphatic hydroxyl groups excluding tert-OH is 1. The van der Waals surface area contributed by atoms with Crippen molar-refractivity contribution < 1.29 is 9.90 Å². The van der Waals surface area contributed by atoms with Gasteiger partial charge in [-0.3, -0.25) is 14.2 Å². The monoisotopic (exact) mass is 284 g/mol.